The van der Waals surface area contributed by atoms with Crippen molar-refractivity contribution in [3.05, 3.63) is 40.3 Å². The molecule has 0 saturated carbocycles. The van der Waals surface area contributed by atoms with E-state index in [1.807, 2.05) is 18.7 Å². The monoisotopic (exact) mass is 381 g/mol. The first kappa shape index (κ1) is 18.6. The third-order valence-electron chi connectivity index (χ3n) is 4.19. The van der Waals surface area contributed by atoms with Gasteiger partial charge in [-0.3, -0.25) is 4.79 Å². The van der Waals surface area contributed by atoms with Gasteiger partial charge in [0.05, 0.1) is 10.7 Å². The zero-order valence-electron chi connectivity index (χ0n) is 14.6. The number of para-hydroxylation sites is 2. The lowest BCUT2D eigenvalue weighted by Crippen LogP contribution is -2.37. The van der Waals surface area contributed by atoms with E-state index < -0.39 is 6.61 Å². The van der Waals surface area contributed by atoms with Crippen molar-refractivity contribution in [3.8, 4) is 5.75 Å². The molecule has 1 N–H and O–H groups in total. The molecule has 1 amide bonds. The minimum atomic E-state index is -2.87. The number of rotatable bonds is 6. The van der Waals surface area contributed by atoms with E-state index in [-0.39, 0.29) is 23.6 Å². The van der Waals surface area contributed by atoms with E-state index in [0.29, 0.717) is 24.5 Å². The summed E-state index contributed by atoms with van der Waals surface area (Å²) in [6.07, 6.45) is 0.732. The minimum absolute atomic E-state index is 0.0636. The number of alkyl halides is 2. The molecule has 0 radical (unpaired) electrons. The van der Waals surface area contributed by atoms with Crippen molar-refractivity contribution >= 4 is 22.9 Å². The van der Waals surface area contributed by atoms with Crippen LogP contribution in [0.5, 0.6) is 5.75 Å². The van der Waals surface area contributed by atoms with Crippen LogP contribution in [-0.4, -0.2) is 36.6 Å². The Morgan fingerprint density at radius 1 is 1.38 bits per heavy atom. The number of anilines is 1. The van der Waals surface area contributed by atoms with E-state index in [1.165, 1.54) is 17.4 Å². The highest BCUT2D eigenvalue weighted by molar-refractivity contribution is 7.09. The number of benzene rings is 1. The molecule has 5 nitrogen and oxygen atoms in total. The topological polar surface area (TPSA) is 54.5 Å². The fourth-order valence-electron chi connectivity index (χ4n) is 2.93. The number of nitrogens with zero attached hydrogens (tertiary/aromatic N) is 2. The Bertz CT molecular complexity index is 766. The number of carbonyl (C=O) groups excluding carboxylic acids is 1. The molecule has 1 aliphatic rings. The van der Waals surface area contributed by atoms with Crippen LogP contribution in [0.3, 0.4) is 0 Å². The summed E-state index contributed by atoms with van der Waals surface area (Å²) >= 11 is 1.48. The Morgan fingerprint density at radius 3 is 2.85 bits per heavy atom. The Kier molecular flexibility index (Phi) is 5.70. The average molecular weight is 381 g/mol. The van der Waals surface area contributed by atoms with Gasteiger partial charge in [0.25, 0.3) is 5.91 Å². The molecule has 1 aromatic heterocycles. The Morgan fingerprint density at radius 2 is 2.15 bits per heavy atom. The average Bonchev–Trinajstić information content (AvgIpc) is 3.24. The van der Waals surface area contributed by atoms with Gasteiger partial charge in [0.2, 0.25) is 0 Å². The maximum absolute atomic E-state index is 12.6. The number of aromatic nitrogens is 1. The fourth-order valence-corrected chi connectivity index (χ4v) is 3.74. The molecule has 3 rings (SSSR count). The third-order valence-corrected chi connectivity index (χ3v) is 5.34. The van der Waals surface area contributed by atoms with Crippen molar-refractivity contribution in [1.82, 2.24) is 10.3 Å². The van der Waals surface area contributed by atoms with Gasteiger partial charge in [0, 0.05) is 30.4 Å². The first-order chi connectivity index (χ1) is 12.4. The van der Waals surface area contributed by atoms with Gasteiger partial charge in [0.15, 0.2) is 0 Å². The van der Waals surface area contributed by atoms with Crippen LogP contribution in [-0.2, 0) is 0 Å². The zero-order chi connectivity index (χ0) is 18.7. The van der Waals surface area contributed by atoms with Crippen LogP contribution in [0, 0.1) is 0 Å². The highest BCUT2D eigenvalue weighted by Gasteiger charge is 2.27. The lowest BCUT2D eigenvalue weighted by molar-refractivity contribution is -0.0495. The molecule has 0 aliphatic carbocycles. The molecule has 1 aliphatic heterocycles. The lowest BCUT2D eigenvalue weighted by Gasteiger charge is -2.21. The summed E-state index contributed by atoms with van der Waals surface area (Å²) in [5.41, 5.74) is 1.04. The van der Waals surface area contributed by atoms with Crippen LogP contribution in [0.2, 0.25) is 0 Å². The van der Waals surface area contributed by atoms with Crippen LogP contribution in [0.1, 0.15) is 41.7 Å². The summed E-state index contributed by atoms with van der Waals surface area (Å²) in [6.45, 7) is 2.40. The van der Waals surface area contributed by atoms with Crippen LogP contribution in [0.25, 0.3) is 0 Å². The molecule has 1 fully saturated rings. The molecule has 8 heteroatoms. The van der Waals surface area contributed by atoms with Gasteiger partial charge in [0.1, 0.15) is 11.4 Å². The van der Waals surface area contributed by atoms with E-state index in [0.717, 1.165) is 11.4 Å². The van der Waals surface area contributed by atoms with E-state index in [2.05, 4.69) is 15.0 Å². The van der Waals surface area contributed by atoms with Crippen molar-refractivity contribution in [2.45, 2.75) is 38.8 Å². The zero-order valence-corrected chi connectivity index (χ0v) is 15.4. The summed E-state index contributed by atoms with van der Waals surface area (Å²) in [7, 11) is 0. The van der Waals surface area contributed by atoms with Crippen LogP contribution >= 0.6 is 11.3 Å². The van der Waals surface area contributed by atoms with Gasteiger partial charge in [-0.05, 0) is 18.6 Å². The molecule has 2 aromatic rings. The summed E-state index contributed by atoms with van der Waals surface area (Å²) in [5.74, 6) is 0.238. The van der Waals surface area contributed by atoms with Gasteiger partial charge in [-0.15, -0.1) is 11.3 Å². The summed E-state index contributed by atoms with van der Waals surface area (Å²) in [4.78, 5) is 18.7. The molecule has 140 valence electrons. The first-order valence-corrected chi connectivity index (χ1v) is 9.37. The molecular formula is C18H21F2N3O2S. The predicted molar refractivity (Wildman–Crippen MR) is 97.4 cm³/mol. The van der Waals surface area contributed by atoms with Gasteiger partial charge in [-0.2, -0.15) is 8.78 Å². The van der Waals surface area contributed by atoms with E-state index in [1.54, 1.807) is 23.6 Å². The number of amides is 1. The SMILES string of the molecule is CC(C)c1nc(C(=O)N[C@@H]2CCN(c3ccccc3OC(F)F)C2)cs1. The minimum Gasteiger partial charge on any atom is -0.433 e. The van der Waals surface area contributed by atoms with Crippen LogP contribution in [0.15, 0.2) is 29.6 Å². The number of carbonyl (C=O) groups is 1. The predicted octanol–water partition coefficient (Wildman–Crippen LogP) is 3.88. The third kappa shape index (κ3) is 4.30. The molecular weight excluding hydrogens is 360 g/mol. The summed E-state index contributed by atoms with van der Waals surface area (Å²) in [6, 6.07) is 6.65. The maximum Gasteiger partial charge on any atom is 0.387 e. The second-order valence-electron chi connectivity index (χ2n) is 6.48. The number of thiazole rings is 1. The lowest BCUT2D eigenvalue weighted by atomic mass is 10.2. The Labute approximate surface area is 155 Å². The Balaban J connectivity index is 1.63. The van der Waals surface area contributed by atoms with E-state index in [9.17, 15) is 13.6 Å². The summed E-state index contributed by atoms with van der Waals surface area (Å²) in [5, 5.41) is 5.68. The molecule has 2 heterocycles. The standard InChI is InChI=1S/C18H21F2N3O2S/c1-11(2)17-22-13(10-26-17)16(24)21-12-7-8-23(9-12)14-5-3-4-6-15(14)25-18(19)20/h3-6,10-12,18H,7-9H2,1-2H3,(H,21,24)/t12-/m1/s1. The number of nitrogens with one attached hydrogen (secondary N) is 1. The first-order valence-electron chi connectivity index (χ1n) is 8.49. The van der Waals surface area contributed by atoms with Crippen molar-refractivity contribution in [3.63, 3.8) is 0 Å². The van der Waals surface area contributed by atoms with E-state index in [4.69, 9.17) is 0 Å². The van der Waals surface area contributed by atoms with Crippen LogP contribution in [0.4, 0.5) is 14.5 Å². The molecule has 1 aromatic carbocycles. The second kappa shape index (κ2) is 7.99. The number of hydrogen-bond donors (Lipinski definition) is 1. The molecule has 0 unspecified atom stereocenters. The molecule has 0 bridgehead atoms. The van der Waals surface area contributed by atoms with Gasteiger partial charge in [-0.25, -0.2) is 4.98 Å². The second-order valence-corrected chi connectivity index (χ2v) is 7.37. The molecule has 0 spiro atoms. The number of ether oxygens (including phenoxy) is 1. The smallest absolute Gasteiger partial charge is 0.387 e. The van der Waals surface area contributed by atoms with Gasteiger partial charge in [-0.1, -0.05) is 26.0 Å². The molecule has 1 saturated heterocycles. The molecule has 1 atom stereocenters. The normalized spacial score (nSPS) is 17.2. The van der Waals surface area contributed by atoms with Gasteiger partial charge < -0.3 is 15.0 Å². The van der Waals surface area contributed by atoms with Crippen molar-refractivity contribution in [2.24, 2.45) is 0 Å². The number of halogens is 2. The number of hydrogen-bond acceptors (Lipinski definition) is 5. The quantitative estimate of drug-likeness (QED) is 0.825. The maximum atomic E-state index is 12.6. The van der Waals surface area contributed by atoms with Crippen molar-refractivity contribution in [1.29, 1.82) is 0 Å². The van der Waals surface area contributed by atoms with Crippen molar-refractivity contribution in [2.75, 3.05) is 18.0 Å². The van der Waals surface area contributed by atoms with E-state index >= 15 is 0 Å². The highest BCUT2D eigenvalue weighted by atomic mass is 32.1. The van der Waals surface area contributed by atoms with Crippen LogP contribution < -0.4 is 15.0 Å². The fraction of sp³-hybridized carbons (Fsp3) is 0.444. The van der Waals surface area contributed by atoms with Crippen molar-refractivity contribution < 1.29 is 18.3 Å². The largest absolute Gasteiger partial charge is 0.433 e. The Hall–Kier alpha value is -2.22. The molecule has 26 heavy (non-hydrogen) atoms. The highest BCUT2D eigenvalue weighted by Crippen LogP contribution is 2.31. The summed E-state index contributed by atoms with van der Waals surface area (Å²) < 4.78 is 29.8. The van der Waals surface area contributed by atoms with Gasteiger partial charge >= 0.3 is 6.61 Å².